The van der Waals surface area contributed by atoms with Crippen LogP contribution < -0.4 is 9.64 Å². The molecule has 210 valence electrons. The Kier molecular flexibility index (Phi) is 6.09. The molecule has 7 rings (SSSR count). The monoisotopic (exact) mass is 562 g/mol. The van der Waals surface area contributed by atoms with Crippen molar-refractivity contribution in [2.75, 3.05) is 38.2 Å². The van der Waals surface area contributed by atoms with Crippen molar-refractivity contribution >= 4 is 21.8 Å². The van der Waals surface area contributed by atoms with Crippen molar-refractivity contribution in [3.63, 3.8) is 0 Å². The van der Waals surface area contributed by atoms with Crippen LogP contribution in [0.5, 0.6) is 5.75 Å². The van der Waals surface area contributed by atoms with Crippen LogP contribution in [0.15, 0.2) is 59.1 Å². The van der Waals surface area contributed by atoms with Gasteiger partial charge < -0.3 is 9.64 Å². The average Bonchev–Trinajstić information content (AvgIpc) is 3.59. The molecule has 0 spiro atoms. The Hall–Kier alpha value is -3.17. The third-order valence-electron chi connectivity index (χ3n) is 9.47. The first-order chi connectivity index (χ1) is 19.2. The topological polar surface area (TPSA) is 67.7 Å². The molecule has 0 saturated heterocycles. The predicted molar refractivity (Wildman–Crippen MR) is 153 cm³/mol. The predicted octanol–water partition coefficient (Wildman–Crippen LogP) is 5.30. The molecule has 0 radical (unpaired) electrons. The van der Waals surface area contributed by atoms with Crippen molar-refractivity contribution in [1.29, 1.82) is 0 Å². The van der Waals surface area contributed by atoms with Gasteiger partial charge in [0.25, 0.3) is 0 Å². The molecule has 0 unspecified atom stereocenters. The number of fused-ring (bicyclic) bond motifs is 3. The number of allylic oxidation sites excluding steroid dienone is 1. The Morgan fingerprint density at radius 1 is 1.12 bits per heavy atom. The number of anilines is 1. The molecule has 9 heteroatoms. The fourth-order valence-electron chi connectivity index (χ4n) is 6.77. The van der Waals surface area contributed by atoms with E-state index >= 15 is 0 Å². The highest BCUT2D eigenvalue weighted by molar-refractivity contribution is 7.89. The van der Waals surface area contributed by atoms with Crippen molar-refractivity contribution in [2.24, 2.45) is 17.3 Å². The minimum atomic E-state index is -3.69. The maximum Gasteiger partial charge on any atom is 0.243 e. The van der Waals surface area contributed by atoms with Crippen LogP contribution in [0.25, 0.3) is 11.8 Å². The van der Waals surface area contributed by atoms with Crippen LogP contribution in [0.4, 0.5) is 10.1 Å². The van der Waals surface area contributed by atoms with E-state index in [1.165, 1.54) is 17.7 Å². The van der Waals surface area contributed by atoms with E-state index in [1.807, 2.05) is 24.0 Å². The largest absolute Gasteiger partial charge is 0.490 e. The highest BCUT2D eigenvalue weighted by atomic mass is 32.2. The summed E-state index contributed by atoms with van der Waals surface area (Å²) < 4.78 is 51.2. The summed E-state index contributed by atoms with van der Waals surface area (Å²) in [6.45, 7) is 4.70. The van der Waals surface area contributed by atoms with Crippen LogP contribution in [0.3, 0.4) is 0 Å². The van der Waals surface area contributed by atoms with Gasteiger partial charge in [-0.25, -0.2) is 17.5 Å². The zero-order chi connectivity index (χ0) is 27.6. The van der Waals surface area contributed by atoms with Gasteiger partial charge in [0.05, 0.1) is 34.7 Å². The van der Waals surface area contributed by atoms with Crippen molar-refractivity contribution in [1.82, 2.24) is 14.1 Å². The summed E-state index contributed by atoms with van der Waals surface area (Å²) in [5.74, 6) is 1.01. The van der Waals surface area contributed by atoms with E-state index in [-0.39, 0.29) is 17.2 Å². The molecular weight excluding hydrogens is 527 g/mol. The molecule has 3 aliphatic carbocycles. The summed E-state index contributed by atoms with van der Waals surface area (Å²) in [5, 5.41) is 4.64. The maximum atomic E-state index is 14.1. The third kappa shape index (κ3) is 4.34. The van der Waals surface area contributed by atoms with Gasteiger partial charge in [0.15, 0.2) is 0 Å². The van der Waals surface area contributed by atoms with Gasteiger partial charge in [-0.15, -0.1) is 0 Å². The second-order valence-corrected chi connectivity index (χ2v) is 14.0. The lowest BCUT2D eigenvalue weighted by atomic mass is 9.70. The van der Waals surface area contributed by atoms with E-state index in [2.05, 4.69) is 23.0 Å². The van der Waals surface area contributed by atoms with E-state index in [0.29, 0.717) is 36.3 Å². The molecule has 0 N–H and O–H groups in total. The van der Waals surface area contributed by atoms with Crippen molar-refractivity contribution in [3.05, 3.63) is 71.3 Å². The maximum absolute atomic E-state index is 14.1. The van der Waals surface area contributed by atoms with Crippen LogP contribution in [0.2, 0.25) is 0 Å². The first-order valence-electron chi connectivity index (χ1n) is 14.2. The SMILES string of the molecule is CN1CCOc2cc(S(=O)(=O)N(CC3CC3)C[C@H]3CCC4=Cc5c(cnn5-c5ccc(F)cc5)C[C@@]43C)ccc21. The standard InChI is InChI=1S/C31H35FN4O3S/c1-31-17-22-18-33-36(26-9-7-25(32)8-10-26)29(22)15-23(31)5-6-24(31)20-35(19-21-3-4-21)40(37,38)27-11-12-28-30(16-27)39-14-13-34(28)2/h7-12,15-16,18,21,24H,3-6,13-14,17,19-20H2,1-2H3/t24-,31+/m1/s1. The molecule has 40 heavy (non-hydrogen) atoms. The Labute approximate surface area is 235 Å². The number of benzene rings is 2. The summed E-state index contributed by atoms with van der Waals surface area (Å²) in [6, 6.07) is 11.7. The third-order valence-corrected chi connectivity index (χ3v) is 11.3. The first-order valence-corrected chi connectivity index (χ1v) is 15.7. The van der Waals surface area contributed by atoms with Gasteiger partial charge in [-0.05, 0) is 97.4 Å². The van der Waals surface area contributed by atoms with Crippen LogP contribution in [0, 0.1) is 23.1 Å². The fraction of sp³-hybridized carbons (Fsp3) is 0.452. The van der Waals surface area contributed by atoms with E-state index in [0.717, 1.165) is 61.3 Å². The van der Waals surface area contributed by atoms with Gasteiger partial charge in [0.2, 0.25) is 10.0 Å². The molecule has 2 heterocycles. The molecule has 2 aromatic carbocycles. The van der Waals surface area contributed by atoms with Gasteiger partial charge in [-0.3, -0.25) is 0 Å². The molecule has 3 aromatic rings. The molecule has 0 amide bonds. The molecular formula is C31H35FN4O3S. The number of rotatable bonds is 7. The normalized spacial score (nSPS) is 23.9. The Bertz CT molecular complexity index is 1590. The van der Waals surface area contributed by atoms with Crippen LogP contribution in [-0.2, 0) is 16.4 Å². The number of hydrogen-bond donors (Lipinski definition) is 0. The number of aromatic nitrogens is 2. The average molecular weight is 563 g/mol. The highest BCUT2D eigenvalue weighted by Gasteiger charge is 2.47. The molecule has 2 atom stereocenters. The molecule has 0 bridgehead atoms. The number of hydrogen-bond acceptors (Lipinski definition) is 5. The van der Waals surface area contributed by atoms with Gasteiger partial charge in [-0.1, -0.05) is 12.5 Å². The molecule has 2 saturated carbocycles. The van der Waals surface area contributed by atoms with Crippen molar-refractivity contribution < 1.29 is 17.5 Å². The molecule has 1 aromatic heterocycles. The van der Waals surface area contributed by atoms with E-state index < -0.39 is 10.0 Å². The summed E-state index contributed by atoms with van der Waals surface area (Å²) in [7, 11) is -1.69. The lowest BCUT2D eigenvalue weighted by Crippen LogP contribution is -2.41. The lowest BCUT2D eigenvalue weighted by Gasteiger charge is -2.38. The van der Waals surface area contributed by atoms with Gasteiger partial charge in [-0.2, -0.15) is 9.40 Å². The van der Waals surface area contributed by atoms with E-state index in [1.54, 1.807) is 28.6 Å². The van der Waals surface area contributed by atoms with E-state index in [4.69, 9.17) is 4.74 Å². The number of nitrogens with zero attached hydrogens (tertiary/aromatic N) is 4. The number of halogens is 1. The molecule has 1 aliphatic heterocycles. The zero-order valence-corrected chi connectivity index (χ0v) is 23.8. The van der Waals surface area contributed by atoms with Gasteiger partial charge in [0, 0.05) is 26.2 Å². The van der Waals surface area contributed by atoms with Crippen LogP contribution in [-0.4, -0.2) is 55.8 Å². The minimum absolute atomic E-state index is 0.136. The second-order valence-electron chi connectivity index (χ2n) is 12.1. The molecule has 4 aliphatic rings. The lowest BCUT2D eigenvalue weighted by molar-refractivity contribution is 0.217. The first kappa shape index (κ1) is 25.8. The Balaban J connectivity index is 1.17. The number of ether oxygens (including phenoxy) is 1. The summed E-state index contributed by atoms with van der Waals surface area (Å²) in [4.78, 5) is 2.41. The molecule has 7 nitrogen and oxygen atoms in total. The fourth-order valence-corrected chi connectivity index (χ4v) is 8.34. The summed E-state index contributed by atoms with van der Waals surface area (Å²) in [5.41, 5.74) is 5.16. The van der Waals surface area contributed by atoms with Crippen LogP contribution >= 0.6 is 0 Å². The molecule has 2 fully saturated rings. The van der Waals surface area contributed by atoms with Gasteiger partial charge in [0.1, 0.15) is 18.2 Å². The summed E-state index contributed by atoms with van der Waals surface area (Å²) in [6.07, 6.45) is 9.03. The summed E-state index contributed by atoms with van der Waals surface area (Å²) >= 11 is 0. The van der Waals surface area contributed by atoms with Crippen molar-refractivity contribution in [2.45, 2.75) is 43.9 Å². The highest BCUT2D eigenvalue weighted by Crippen LogP contribution is 2.53. The smallest absolute Gasteiger partial charge is 0.243 e. The van der Waals surface area contributed by atoms with Crippen LogP contribution in [0.1, 0.15) is 43.9 Å². The zero-order valence-electron chi connectivity index (χ0n) is 23.0. The number of likely N-dealkylation sites (N-methyl/N-ethyl adjacent to an activating group) is 1. The minimum Gasteiger partial charge on any atom is -0.490 e. The van der Waals surface area contributed by atoms with Gasteiger partial charge >= 0.3 is 0 Å². The van der Waals surface area contributed by atoms with Crippen molar-refractivity contribution in [3.8, 4) is 11.4 Å². The quantitative estimate of drug-likeness (QED) is 0.391. The Morgan fingerprint density at radius 2 is 1.93 bits per heavy atom. The number of sulfonamides is 1. The Morgan fingerprint density at radius 3 is 2.70 bits per heavy atom. The second kappa shape index (κ2) is 9.45. The van der Waals surface area contributed by atoms with E-state index in [9.17, 15) is 12.8 Å².